The predicted octanol–water partition coefficient (Wildman–Crippen LogP) is 0.874. The zero-order valence-corrected chi connectivity index (χ0v) is 11.3. The predicted molar refractivity (Wildman–Crippen MR) is 72.7 cm³/mol. The fraction of sp³-hybridized carbons (Fsp3) is 0.200. The lowest BCUT2D eigenvalue weighted by molar-refractivity contribution is -0.801. The van der Waals surface area contributed by atoms with Crippen molar-refractivity contribution in [3.05, 3.63) is 41.6 Å². The molecule has 0 unspecified atom stereocenters. The number of nitrogens with one attached hydrogen (secondary N) is 1. The molecule has 0 aliphatic carbocycles. The first-order valence-corrected chi connectivity index (χ1v) is 6.08. The van der Waals surface area contributed by atoms with Gasteiger partial charge in [-0.3, -0.25) is 0 Å². The minimum absolute atomic E-state index is 0.0707. The van der Waals surface area contributed by atoms with Gasteiger partial charge in [-0.2, -0.15) is 10.5 Å². The molecule has 0 aromatic heterocycles. The highest BCUT2D eigenvalue weighted by Gasteiger charge is 2.16. The second kappa shape index (κ2) is 5.92. The van der Waals surface area contributed by atoms with Crippen LogP contribution < -0.4 is 14.4 Å². The molecule has 1 aliphatic rings. The van der Waals surface area contributed by atoms with E-state index in [0.29, 0.717) is 17.1 Å². The number of nitriles is 2. The molecule has 5 heteroatoms. The average molecular weight is 268 g/mol. The summed E-state index contributed by atoms with van der Waals surface area (Å²) in [5, 5.41) is 18.2. The van der Waals surface area contributed by atoms with Crippen LogP contribution in [0.3, 0.4) is 0 Å². The molecule has 100 valence electrons. The third kappa shape index (κ3) is 2.80. The van der Waals surface area contributed by atoms with Gasteiger partial charge in [-0.05, 0) is 17.7 Å². The van der Waals surface area contributed by atoms with Crippen LogP contribution in [0.1, 0.15) is 5.56 Å². The molecular formula is C15H14N3O2+. The summed E-state index contributed by atoms with van der Waals surface area (Å²) >= 11 is 0. The Morgan fingerprint density at radius 2 is 1.90 bits per heavy atom. The molecule has 0 spiro atoms. The number of rotatable bonds is 3. The average Bonchev–Trinajstić information content (AvgIpc) is 2.90. The molecule has 0 saturated carbocycles. The number of quaternary nitrogens is 1. The van der Waals surface area contributed by atoms with E-state index in [0.717, 1.165) is 10.5 Å². The minimum Gasteiger partial charge on any atom is -0.454 e. The van der Waals surface area contributed by atoms with E-state index in [9.17, 15) is 0 Å². The van der Waals surface area contributed by atoms with E-state index in [1.807, 2.05) is 38.5 Å². The van der Waals surface area contributed by atoms with Gasteiger partial charge in [-0.25, -0.2) is 0 Å². The number of allylic oxidation sites excluding steroid dienone is 3. The first-order valence-electron chi connectivity index (χ1n) is 6.08. The van der Waals surface area contributed by atoms with Crippen molar-refractivity contribution in [3.63, 3.8) is 0 Å². The number of hydrogen-bond acceptors (Lipinski definition) is 4. The maximum atomic E-state index is 9.09. The van der Waals surface area contributed by atoms with Gasteiger partial charge in [0, 0.05) is 11.6 Å². The Morgan fingerprint density at radius 3 is 2.55 bits per heavy atom. The maximum absolute atomic E-state index is 9.09. The summed E-state index contributed by atoms with van der Waals surface area (Å²) < 4.78 is 10.6. The quantitative estimate of drug-likeness (QED) is 0.652. The van der Waals surface area contributed by atoms with Gasteiger partial charge in [0.25, 0.3) is 0 Å². The molecule has 0 atom stereocenters. The monoisotopic (exact) mass is 268 g/mol. The van der Waals surface area contributed by atoms with Crippen molar-refractivity contribution in [2.24, 2.45) is 0 Å². The minimum atomic E-state index is 0.0707. The van der Waals surface area contributed by atoms with Crippen molar-refractivity contribution < 1.29 is 14.4 Å². The Morgan fingerprint density at radius 1 is 1.20 bits per heavy atom. The van der Waals surface area contributed by atoms with Crippen molar-refractivity contribution in [1.29, 1.82) is 10.5 Å². The Bertz CT molecular complexity index is 645. The molecule has 2 rings (SSSR count). The highest BCUT2D eigenvalue weighted by Crippen LogP contribution is 2.35. The Labute approximate surface area is 117 Å². The van der Waals surface area contributed by atoms with E-state index in [1.54, 1.807) is 18.2 Å². The van der Waals surface area contributed by atoms with Gasteiger partial charge in [0.1, 0.15) is 17.7 Å². The summed E-state index contributed by atoms with van der Waals surface area (Å²) in [6.45, 7) is 0.193. The van der Waals surface area contributed by atoms with Crippen molar-refractivity contribution in [2.45, 2.75) is 0 Å². The molecule has 0 bridgehead atoms. The van der Waals surface area contributed by atoms with Gasteiger partial charge in [-0.1, -0.05) is 6.07 Å². The Kier molecular flexibility index (Phi) is 4.05. The molecule has 0 radical (unpaired) electrons. The van der Waals surface area contributed by atoms with Crippen LogP contribution >= 0.6 is 0 Å². The van der Waals surface area contributed by atoms with Crippen molar-refractivity contribution in [2.75, 3.05) is 20.9 Å². The van der Waals surface area contributed by atoms with Crippen LogP contribution in [0.2, 0.25) is 0 Å². The molecular weight excluding hydrogens is 254 g/mol. The molecule has 20 heavy (non-hydrogen) atoms. The lowest BCUT2D eigenvalue weighted by Gasteiger charge is -2.05. The van der Waals surface area contributed by atoms with E-state index in [-0.39, 0.29) is 12.4 Å². The van der Waals surface area contributed by atoms with Crippen LogP contribution in [0.15, 0.2) is 36.0 Å². The van der Waals surface area contributed by atoms with Crippen molar-refractivity contribution in [1.82, 2.24) is 0 Å². The Balaban J connectivity index is 2.50. The first-order chi connectivity index (χ1) is 9.65. The highest BCUT2D eigenvalue weighted by molar-refractivity contribution is 5.82. The molecule has 0 fully saturated rings. The fourth-order valence-electron chi connectivity index (χ4n) is 1.78. The van der Waals surface area contributed by atoms with Crippen molar-refractivity contribution in [3.8, 4) is 23.6 Å². The second-order valence-corrected chi connectivity index (χ2v) is 4.49. The zero-order chi connectivity index (χ0) is 14.5. The number of nitrogens with zero attached hydrogens (tertiary/aromatic N) is 2. The normalized spacial score (nSPS) is 12.2. The van der Waals surface area contributed by atoms with Crippen LogP contribution in [-0.4, -0.2) is 20.9 Å². The van der Waals surface area contributed by atoms with Gasteiger partial charge in [0.2, 0.25) is 6.79 Å². The van der Waals surface area contributed by atoms with Gasteiger partial charge in [-0.15, -0.1) is 0 Å². The SMILES string of the molecule is C[NH+](C)/C=C/C(=C(C#N)C#N)c1ccc2c(c1)OCO2. The van der Waals surface area contributed by atoms with Crippen LogP contribution in [0, 0.1) is 22.7 Å². The van der Waals surface area contributed by atoms with E-state index in [2.05, 4.69) is 0 Å². The van der Waals surface area contributed by atoms with Crippen LogP contribution in [0.4, 0.5) is 0 Å². The number of fused-ring (bicyclic) bond motifs is 1. The molecule has 1 aliphatic heterocycles. The molecule has 5 nitrogen and oxygen atoms in total. The topological polar surface area (TPSA) is 70.5 Å². The highest BCUT2D eigenvalue weighted by atomic mass is 16.7. The summed E-state index contributed by atoms with van der Waals surface area (Å²) in [6.07, 6.45) is 3.64. The third-order valence-corrected chi connectivity index (χ3v) is 2.76. The summed E-state index contributed by atoms with van der Waals surface area (Å²) in [6, 6.07) is 9.23. The zero-order valence-electron chi connectivity index (χ0n) is 11.3. The summed E-state index contributed by atoms with van der Waals surface area (Å²) in [7, 11) is 3.90. The molecule has 0 saturated heterocycles. The van der Waals surface area contributed by atoms with Crippen LogP contribution in [0.25, 0.3) is 5.57 Å². The van der Waals surface area contributed by atoms with Gasteiger partial charge in [0.05, 0.1) is 20.3 Å². The smallest absolute Gasteiger partial charge is 0.231 e. The van der Waals surface area contributed by atoms with Gasteiger partial charge in [0.15, 0.2) is 11.5 Å². The summed E-state index contributed by atoms with van der Waals surface area (Å²) in [4.78, 5) is 1.08. The lowest BCUT2D eigenvalue weighted by atomic mass is 10.0. The molecule has 1 aromatic carbocycles. The van der Waals surface area contributed by atoms with Gasteiger partial charge >= 0.3 is 0 Å². The summed E-state index contributed by atoms with van der Waals surface area (Å²) in [5.41, 5.74) is 1.40. The lowest BCUT2D eigenvalue weighted by Crippen LogP contribution is -3.00. The van der Waals surface area contributed by atoms with Crippen molar-refractivity contribution >= 4 is 5.57 Å². The second-order valence-electron chi connectivity index (χ2n) is 4.49. The van der Waals surface area contributed by atoms with Crippen LogP contribution in [0.5, 0.6) is 11.5 Å². The number of hydrogen-bond donors (Lipinski definition) is 1. The van der Waals surface area contributed by atoms with E-state index in [4.69, 9.17) is 20.0 Å². The largest absolute Gasteiger partial charge is 0.454 e. The summed E-state index contributed by atoms with van der Waals surface area (Å²) in [5.74, 6) is 1.30. The van der Waals surface area contributed by atoms with Gasteiger partial charge < -0.3 is 14.4 Å². The molecule has 1 heterocycles. The first kappa shape index (κ1) is 13.7. The molecule has 1 aromatic rings. The maximum Gasteiger partial charge on any atom is 0.231 e. The Hall–Kier alpha value is -2.76. The third-order valence-electron chi connectivity index (χ3n) is 2.76. The fourth-order valence-corrected chi connectivity index (χ4v) is 1.78. The van der Waals surface area contributed by atoms with E-state index >= 15 is 0 Å². The van der Waals surface area contributed by atoms with Crippen LogP contribution in [-0.2, 0) is 0 Å². The van der Waals surface area contributed by atoms with E-state index < -0.39 is 0 Å². The molecule has 1 N–H and O–H groups in total. The number of ether oxygens (including phenoxy) is 2. The van der Waals surface area contributed by atoms with E-state index in [1.165, 1.54) is 0 Å². The molecule has 0 amide bonds. The number of benzene rings is 1. The standard InChI is InChI=1S/C15H13N3O2/c1-18(2)6-5-13(12(8-16)9-17)11-3-4-14-15(7-11)20-10-19-14/h3-7H,10H2,1-2H3/p+1/b6-5+.